The zero-order chi connectivity index (χ0) is 25.7. The van der Waals surface area contributed by atoms with E-state index in [2.05, 4.69) is 22.3 Å². The summed E-state index contributed by atoms with van der Waals surface area (Å²) in [4.78, 5) is 30.7. The molecule has 0 aliphatic carbocycles. The number of amides is 2. The van der Waals surface area contributed by atoms with Crippen LogP contribution in [0.15, 0.2) is 54.6 Å². The van der Waals surface area contributed by atoms with Crippen molar-refractivity contribution in [2.75, 3.05) is 39.9 Å². The van der Waals surface area contributed by atoms with Gasteiger partial charge >= 0.3 is 0 Å². The molecule has 0 bridgehead atoms. The van der Waals surface area contributed by atoms with Crippen molar-refractivity contribution in [2.45, 2.75) is 57.2 Å². The summed E-state index contributed by atoms with van der Waals surface area (Å²) in [5.74, 6) is 1.15. The second-order valence-electron chi connectivity index (χ2n) is 10.7. The second kappa shape index (κ2) is 13.0. The van der Waals surface area contributed by atoms with Crippen molar-refractivity contribution in [1.29, 1.82) is 0 Å². The normalized spacial score (nSPS) is 21.8. The first-order valence-corrected chi connectivity index (χ1v) is 13.7. The Bertz CT molecular complexity index is 1050. The van der Waals surface area contributed by atoms with Gasteiger partial charge in [-0.15, -0.1) is 12.4 Å². The molecule has 8 heteroatoms. The summed E-state index contributed by atoms with van der Waals surface area (Å²) in [5, 5.41) is 3.25. The average molecular weight is 542 g/mol. The molecule has 3 saturated heterocycles. The quantitative estimate of drug-likeness (QED) is 0.511. The maximum atomic E-state index is 13.4. The lowest BCUT2D eigenvalue weighted by Gasteiger charge is -2.38. The van der Waals surface area contributed by atoms with E-state index >= 15 is 0 Å². The Morgan fingerprint density at radius 3 is 2.45 bits per heavy atom. The molecule has 2 amide bonds. The Labute approximate surface area is 232 Å². The molecule has 3 heterocycles. The smallest absolute Gasteiger partial charge is 0.249 e. The van der Waals surface area contributed by atoms with E-state index < -0.39 is 0 Å². The van der Waals surface area contributed by atoms with E-state index in [1.165, 1.54) is 0 Å². The van der Waals surface area contributed by atoms with E-state index in [-0.39, 0.29) is 35.9 Å². The Morgan fingerprint density at radius 2 is 1.79 bits per heavy atom. The fourth-order valence-corrected chi connectivity index (χ4v) is 6.03. The van der Waals surface area contributed by atoms with E-state index in [0.29, 0.717) is 19.1 Å². The zero-order valence-electron chi connectivity index (χ0n) is 22.3. The van der Waals surface area contributed by atoms with Crippen molar-refractivity contribution in [3.05, 3.63) is 65.7 Å². The number of nitrogens with one attached hydrogen (secondary N) is 1. The molecule has 3 aliphatic rings. The van der Waals surface area contributed by atoms with Gasteiger partial charge in [0.05, 0.1) is 18.6 Å². The van der Waals surface area contributed by atoms with Crippen LogP contribution in [0.5, 0.6) is 5.75 Å². The van der Waals surface area contributed by atoms with Crippen molar-refractivity contribution >= 4 is 24.2 Å². The number of hydrogen-bond acceptors (Lipinski definition) is 5. The molecule has 1 spiro atoms. The highest BCUT2D eigenvalue weighted by Crippen LogP contribution is 2.42. The number of nitrogens with zero attached hydrogens (tertiary/aromatic N) is 2. The summed E-state index contributed by atoms with van der Waals surface area (Å²) in [7, 11) is 1.67. The average Bonchev–Trinajstić information content (AvgIpc) is 3.58. The second-order valence-corrected chi connectivity index (χ2v) is 10.7. The Hall–Kier alpha value is -2.61. The maximum absolute atomic E-state index is 13.4. The van der Waals surface area contributed by atoms with Crippen LogP contribution in [0, 0.1) is 5.41 Å². The maximum Gasteiger partial charge on any atom is 0.249 e. The number of piperidine rings is 1. The number of carbonyl (C=O) groups is 2. The van der Waals surface area contributed by atoms with Crippen LogP contribution in [0.4, 0.5) is 0 Å². The fourth-order valence-electron chi connectivity index (χ4n) is 6.03. The first-order chi connectivity index (χ1) is 18.1. The third-order valence-corrected chi connectivity index (χ3v) is 8.42. The van der Waals surface area contributed by atoms with Gasteiger partial charge in [0.25, 0.3) is 0 Å². The molecule has 0 unspecified atom stereocenters. The molecule has 38 heavy (non-hydrogen) atoms. The lowest BCUT2D eigenvalue weighted by Crippen LogP contribution is -2.45. The van der Waals surface area contributed by atoms with Gasteiger partial charge in [0, 0.05) is 26.2 Å². The predicted octanol–water partition coefficient (Wildman–Crippen LogP) is 4.36. The third kappa shape index (κ3) is 6.50. The van der Waals surface area contributed by atoms with Crippen LogP contribution in [0.2, 0.25) is 0 Å². The fraction of sp³-hybridized carbons (Fsp3) is 0.533. The minimum absolute atomic E-state index is 0. The van der Waals surface area contributed by atoms with Crippen LogP contribution >= 0.6 is 12.4 Å². The van der Waals surface area contributed by atoms with Crippen molar-refractivity contribution in [3.8, 4) is 5.75 Å². The molecule has 2 atom stereocenters. The predicted molar refractivity (Wildman–Crippen MR) is 149 cm³/mol. The molecule has 3 fully saturated rings. The minimum Gasteiger partial charge on any atom is -0.497 e. The molecule has 7 nitrogen and oxygen atoms in total. The van der Waals surface area contributed by atoms with Crippen molar-refractivity contribution in [2.24, 2.45) is 5.41 Å². The Morgan fingerprint density at radius 1 is 1.08 bits per heavy atom. The number of ether oxygens (including phenoxy) is 2. The van der Waals surface area contributed by atoms with Crippen molar-refractivity contribution in [3.63, 3.8) is 0 Å². The monoisotopic (exact) mass is 541 g/mol. The van der Waals surface area contributed by atoms with E-state index in [9.17, 15) is 9.59 Å². The summed E-state index contributed by atoms with van der Waals surface area (Å²) in [6.07, 6.45) is 5.01. The number of methoxy groups -OCH3 is 1. The highest BCUT2D eigenvalue weighted by molar-refractivity contribution is 5.85. The molecule has 0 radical (unpaired) electrons. The SMILES string of the molecule is COc1ccc(CN2CCC3(CCN(CC[C@H](NC(=O)[C@@H]4CCCO4)c4ccccc4)CC3)C2=O)cc1.Cl. The lowest BCUT2D eigenvalue weighted by molar-refractivity contribution is -0.139. The number of halogens is 1. The van der Waals surface area contributed by atoms with Crippen LogP contribution in [-0.2, 0) is 20.9 Å². The van der Waals surface area contributed by atoms with Gasteiger partial charge in [0.1, 0.15) is 11.9 Å². The van der Waals surface area contributed by atoms with Gasteiger partial charge in [-0.25, -0.2) is 0 Å². The number of hydrogen-bond donors (Lipinski definition) is 1. The van der Waals surface area contributed by atoms with E-state index in [1.54, 1.807) is 7.11 Å². The van der Waals surface area contributed by atoms with Crippen LogP contribution in [0.3, 0.4) is 0 Å². The molecule has 206 valence electrons. The van der Waals surface area contributed by atoms with Gasteiger partial charge in [-0.3, -0.25) is 9.59 Å². The molecular weight excluding hydrogens is 502 g/mol. The standard InChI is InChI=1S/C30H39N3O4.ClH/c1-36-25-11-9-23(10-12-25)22-33-20-16-30(29(33)35)14-18-32(19-15-30)17-13-26(24-6-3-2-4-7-24)31-28(34)27-8-5-21-37-27;/h2-4,6-7,9-12,26-27H,5,8,13-22H2,1H3,(H,31,34);1H/t26-,27-;/m0./s1. The molecule has 3 aliphatic heterocycles. The van der Waals surface area contributed by atoms with Crippen LogP contribution < -0.4 is 10.1 Å². The zero-order valence-corrected chi connectivity index (χ0v) is 23.1. The van der Waals surface area contributed by atoms with Gasteiger partial charge in [-0.2, -0.15) is 0 Å². The first kappa shape index (κ1) is 28.4. The summed E-state index contributed by atoms with van der Waals surface area (Å²) in [5.41, 5.74) is 2.05. The van der Waals surface area contributed by atoms with Gasteiger partial charge in [0.2, 0.25) is 11.8 Å². The highest BCUT2D eigenvalue weighted by atomic mass is 35.5. The van der Waals surface area contributed by atoms with Gasteiger partial charge in [0.15, 0.2) is 0 Å². The van der Waals surface area contributed by atoms with Crippen LogP contribution in [0.1, 0.15) is 55.7 Å². The Kier molecular flexibility index (Phi) is 9.69. The highest BCUT2D eigenvalue weighted by Gasteiger charge is 2.47. The lowest BCUT2D eigenvalue weighted by atomic mass is 9.77. The molecular formula is C30H40ClN3O4. The van der Waals surface area contributed by atoms with Gasteiger partial charge in [-0.05, 0) is 74.9 Å². The third-order valence-electron chi connectivity index (χ3n) is 8.42. The molecule has 0 aromatic heterocycles. The molecule has 2 aromatic carbocycles. The summed E-state index contributed by atoms with van der Waals surface area (Å²) >= 11 is 0. The van der Waals surface area contributed by atoms with Gasteiger partial charge in [-0.1, -0.05) is 42.5 Å². The van der Waals surface area contributed by atoms with E-state index in [1.807, 2.05) is 47.4 Å². The van der Waals surface area contributed by atoms with Crippen LogP contribution in [0.25, 0.3) is 0 Å². The van der Waals surface area contributed by atoms with E-state index in [0.717, 1.165) is 81.6 Å². The molecule has 1 N–H and O–H groups in total. The molecule has 5 rings (SSSR count). The molecule has 2 aromatic rings. The first-order valence-electron chi connectivity index (χ1n) is 13.7. The number of carbonyl (C=O) groups excluding carboxylic acids is 2. The Balaban J connectivity index is 0.00000336. The molecule has 0 saturated carbocycles. The summed E-state index contributed by atoms with van der Waals surface area (Å²) in [6, 6.07) is 18.2. The minimum atomic E-state index is -0.324. The van der Waals surface area contributed by atoms with Crippen molar-refractivity contribution < 1.29 is 19.1 Å². The number of benzene rings is 2. The van der Waals surface area contributed by atoms with Crippen molar-refractivity contribution in [1.82, 2.24) is 15.1 Å². The summed E-state index contributed by atoms with van der Waals surface area (Å²) in [6.45, 7) is 4.89. The summed E-state index contributed by atoms with van der Waals surface area (Å²) < 4.78 is 10.9. The van der Waals surface area contributed by atoms with Crippen LogP contribution in [-0.4, -0.2) is 67.6 Å². The largest absolute Gasteiger partial charge is 0.497 e. The van der Waals surface area contributed by atoms with E-state index in [4.69, 9.17) is 9.47 Å². The number of likely N-dealkylation sites (tertiary alicyclic amines) is 2. The van der Waals surface area contributed by atoms with Gasteiger partial charge < -0.3 is 24.6 Å². The number of rotatable bonds is 9. The topological polar surface area (TPSA) is 71.1 Å².